The van der Waals surface area contributed by atoms with Crippen LogP contribution in [-0.4, -0.2) is 33.4 Å². The minimum absolute atomic E-state index is 0.278. The number of rotatable bonds is 5. The van der Waals surface area contributed by atoms with E-state index in [0.717, 1.165) is 5.69 Å². The summed E-state index contributed by atoms with van der Waals surface area (Å²) in [6.07, 6.45) is 1.69. The highest BCUT2D eigenvalue weighted by molar-refractivity contribution is 7.14. The molecule has 7 nitrogen and oxygen atoms in total. The van der Waals surface area contributed by atoms with Gasteiger partial charge in [-0.05, 0) is 38.5 Å². The first-order valence-corrected chi connectivity index (χ1v) is 8.93. The Morgan fingerprint density at radius 3 is 2.77 bits per heavy atom. The SMILES string of the molecule is CCOC(=O)c1c(C)[nH]c(C(=O)Nc2nc(-c3ccccn3)cs2)c1C. The Balaban J connectivity index is 1.80. The van der Waals surface area contributed by atoms with Crippen LogP contribution >= 0.6 is 11.3 Å². The number of anilines is 1. The summed E-state index contributed by atoms with van der Waals surface area (Å²) in [5, 5.41) is 5.04. The lowest BCUT2D eigenvalue weighted by molar-refractivity contribution is 0.0525. The molecule has 0 aliphatic heterocycles. The first kappa shape index (κ1) is 17.8. The van der Waals surface area contributed by atoms with E-state index >= 15 is 0 Å². The number of nitrogens with zero attached hydrogens (tertiary/aromatic N) is 2. The molecule has 3 heterocycles. The molecule has 0 spiro atoms. The van der Waals surface area contributed by atoms with Gasteiger partial charge in [-0.2, -0.15) is 0 Å². The fraction of sp³-hybridized carbons (Fsp3) is 0.222. The zero-order chi connectivity index (χ0) is 18.7. The number of aryl methyl sites for hydroxylation is 1. The highest BCUT2D eigenvalue weighted by atomic mass is 32.1. The van der Waals surface area contributed by atoms with E-state index in [1.807, 2.05) is 23.6 Å². The van der Waals surface area contributed by atoms with Gasteiger partial charge in [0.1, 0.15) is 11.4 Å². The minimum atomic E-state index is -0.440. The lowest BCUT2D eigenvalue weighted by atomic mass is 10.1. The number of H-pyrrole nitrogens is 1. The molecule has 0 unspecified atom stereocenters. The fourth-order valence-corrected chi connectivity index (χ4v) is 3.31. The average Bonchev–Trinajstić information content (AvgIpc) is 3.20. The summed E-state index contributed by atoms with van der Waals surface area (Å²) in [5.41, 5.74) is 3.29. The Hall–Kier alpha value is -3.00. The third-order valence-corrected chi connectivity index (χ3v) is 4.55. The van der Waals surface area contributed by atoms with Crippen molar-refractivity contribution in [3.8, 4) is 11.4 Å². The van der Waals surface area contributed by atoms with Gasteiger partial charge < -0.3 is 9.72 Å². The quantitative estimate of drug-likeness (QED) is 0.669. The van der Waals surface area contributed by atoms with Gasteiger partial charge in [-0.3, -0.25) is 15.1 Å². The smallest absolute Gasteiger partial charge is 0.340 e. The Morgan fingerprint density at radius 1 is 1.27 bits per heavy atom. The molecule has 134 valence electrons. The molecular formula is C18H18N4O3S. The highest BCUT2D eigenvalue weighted by Gasteiger charge is 2.23. The molecule has 3 aromatic rings. The van der Waals surface area contributed by atoms with Crippen molar-refractivity contribution in [3.63, 3.8) is 0 Å². The van der Waals surface area contributed by atoms with E-state index in [1.54, 1.807) is 27.0 Å². The molecule has 1 amide bonds. The molecule has 0 aliphatic carbocycles. The number of carbonyl (C=O) groups excluding carboxylic acids is 2. The first-order chi connectivity index (χ1) is 12.5. The van der Waals surface area contributed by atoms with Gasteiger partial charge in [-0.25, -0.2) is 9.78 Å². The summed E-state index contributed by atoms with van der Waals surface area (Å²) < 4.78 is 5.05. The Morgan fingerprint density at radius 2 is 2.08 bits per heavy atom. The van der Waals surface area contributed by atoms with Crippen molar-refractivity contribution in [2.45, 2.75) is 20.8 Å². The number of thiazole rings is 1. The molecule has 0 radical (unpaired) electrons. The molecule has 3 rings (SSSR count). The van der Waals surface area contributed by atoms with Crippen LogP contribution in [-0.2, 0) is 4.74 Å². The van der Waals surface area contributed by atoms with Gasteiger partial charge in [0.25, 0.3) is 5.91 Å². The van der Waals surface area contributed by atoms with Crippen molar-refractivity contribution in [1.29, 1.82) is 0 Å². The average molecular weight is 370 g/mol. The van der Waals surface area contributed by atoms with Crippen molar-refractivity contribution in [2.24, 2.45) is 0 Å². The predicted octanol–water partition coefficient (Wildman–Crippen LogP) is 3.58. The molecule has 0 aromatic carbocycles. The van der Waals surface area contributed by atoms with Crippen LogP contribution in [0.25, 0.3) is 11.4 Å². The topological polar surface area (TPSA) is 97.0 Å². The molecule has 0 saturated heterocycles. The zero-order valence-electron chi connectivity index (χ0n) is 14.6. The summed E-state index contributed by atoms with van der Waals surface area (Å²) >= 11 is 1.31. The Labute approximate surface area is 154 Å². The van der Waals surface area contributed by atoms with Crippen LogP contribution < -0.4 is 5.32 Å². The maximum absolute atomic E-state index is 12.6. The van der Waals surface area contributed by atoms with E-state index in [2.05, 4.69) is 20.3 Å². The van der Waals surface area contributed by atoms with Crippen molar-refractivity contribution in [1.82, 2.24) is 15.0 Å². The first-order valence-electron chi connectivity index (χ1n) is 8.05. The van der Waals surface area contributed by atoms with E-state index in [4.69, 9.17) is 4.74 Å². The van der Waals surface area contributed by atoms with Crippen LogP contribution in [0.5, 0.6) is 0 Å². The highest BCUT2D eigenvalue weighted by Crippen LogP contribution is 2.25. The van der Waals surface area contributed by atoms with Crippen molar-refractivity contribution in [2.75, 3.05) is 11.9 Å². The third kappa shape index (κ3) is 3.50. The van der Waals surface area contributed by atoms with Gasteiger partial charge in [0.15, 0.2) is 5.13 Å². The van der Waals surface area contributed by atoms with Gasteiger partial charge in [-0.15, -0.1) is 11.3 Å². The van der Waals surface area contributed by atoms with Gasteiger partial charge >= 0.3 is 5.97 Å². The minimum Gasteiger partial charge on any atom is -0.462 e. The number of hydrogen-bond acceptors (Lipinski definition) is 6. The molecule has 26 heavy (non-hydrogen) atoms. The second-order valence-electron chi connectivity index (χ2n) is 5.55. The molecule has 8 heteroatoms. The molecule has 3 aromatic heterocycles. The number of aromatic amines is 1. The number of esters is 1. The zero-order valence-corrected chi connectivity index (χ0v) is 15.4. The third-order valence-electron chi connectivity index (χ3n) is 3.80. The van der Waals surface area contributed by atoms with Crippen molar-refractivity contribution in [3.05, 3.63) is 52.3 Å². The van der Waals surface area contributed by atoms with E-state index < -0.39 is 5.97 Å². The summed E-state index contributed by atoms with van der Waals surface area (Å²) in [6, 6.07) is 5.56. The van der Waals surface area contributed by atoms with Crippen LogP contribution in [0, 0.1) is 13.8 Å². The van der Waals surface area contributed by atoms with Crippen LogP contribution in [0.4, 0.5) is 5.13 Å². The summed E-state index contributed by atoms with van der Waals surface area (Å²) in [5.74, 6) is -0.799. The van der Waals surface area contributed by atoms with E-state index in [-0.39, 0.29) is 12.5 Å². The number of ether oxygens (including phenoxy) is 1. The molecule has 0 bridgehead atoms. The van der Waals surface area contributed by atoms with E-state index in [9.17, 15) is 9.59 Å². The number of aromatic nitrogens is 3. The largest absolute Gasteiger partial charge is 0.462 e. The molecular weight excluding hydrogens is 352 g/mol. The van der Waals surface area contributed by atoms with Crippen LogP contribution in [0.3, 0.4) is 0 Å². The van der Waals surface area contributed by atoms with Gasteiger partial charge in [-0.1, -0.05) is 6.07 Å². The number of amides is 1. The monoisotopic (exact) mass is 370 g/mol. The van der Waals surface area contributed by atoms with E-state index in [1.165, 1.54) is 11.3 Å². The summed E-state index contributed by atoms with van der Waals surface area (Å²) in [4.78, 5) is 36.2. The number of pyridine rings is 1. The Bertz CT molecular complexity index is 947. The predicted molar refractivity (Wildman–Crippen MR) is 99.5 cm³/mol. The molecule has 0 saturated carbocycles. The van der Waals surface area contributed by atoms with Crippen LogP contribution in [0.15, 0.2) is 29.8 Å². The second kappa shape index (κ2) is 7.49. The lowest BCUT2D eigenvalue weighted by Crippen LogP contribution is -2.14. The lowest BCUT2D eigenvalue weighted by Gasteiger charge is -2.03. The standard InChI is InChI=1S/C18H18N4O3S/c1-4-25-17(24)14-10(2)15(20-11(14)3)16(23)22-18-21-13(9-26-18)12-7-5-6-8-19-12/h5-9,20H,4H2,1-3H3,(H,21,22,23). The molecule has 0 aliphatic rings. The van der Waals surface area contributed by atoms with Gasteiger partial charge in [0, 0.05) is 17.3 Å². The van der Waals surface area contributed by atoms with Gasteiger partial charge in [0.2, 0.25) is 0 Å². The molecule has 2 N–H and O–H groups in total. The van der Waals surface area contributed by atoms with Crippen molar-refractivity contribution >= 4 is 28.3 Å². The summed E-state index contributed by atoms with van der Waals surface area (Å²) in [7, 11) is 0. The van der Waals surface area contributed by atoms with Crippen LogP contribution in [0.1, 0.15) is 39.0 Å². The van der Waals surface area contributed by atoms with Crippen LogP contribution in [0.2, 0.25) is 0 Å². The molecule has 0 atom stereocenters. The number of nitrogens with one attached hydrogen (secondary N) is 2. The van der Waals surface area contributed by atoms with E-state index in [0.29, 0.717) is 33.3 Å². The normalized spacial score (nSPS) is 10.6. The Kier molecular flexibility index (Phi) is 5.13. The summed E-state index contributed by atoms with van der Waals surface area (Å²) in [6.45, 7) is 5.47. The second-order valence-corrected chi connectivity index (χ2v) is 6.41. The van der Waals surface area contributed by atoms with Crippen molar-refractivity contribution < 1.29 is 14.3 Å². The number of carbonyl (C=O) groups is 2. The fourth-order valence-electron chi connectivity index (χ4n) is 2.61. The van der Waals surface area contributed by atoms with Gasteiger partial charge in [0.05, 0.1) is 17.9 Å². The maximum atomic E-state index is 12.6. The number of hydrogen-bond donors (Lipinski definition) is 2. The molecule has 0 fully saturated rings. The maximum Gasteiger partial charge on any atom is 0.340 e.